The fraction of sp³-hybridized carbons (Fsp3) is 0.500. The molecule has 2 heterocycles. The summed E-state index contributed by atoms with van der Waals surface area (Å²) in [7, 11) is -3.54. The van der Waals surface area contributed by atoms with Gasteiger partial charge in [-0.05, 0) is 12.5 Å². The zero-order chi connectivity index (χ0) is 14.5. The molecule has 3 rings (SSSR count). The molecule has 108 valence electrons. The number of hydrogen-bond donors (Lipinski definition) is 2. The van der Waals surface area contributed by atoms with Crippen LogP contribution in [-0.2, 0) is 9.84 Å². The molecule has 0 radical (unpaired) electrons. The van der Waals surface area contributed by atoms with Crippen molar-refractivity contribution in [2.24, 2.45) is 0 Å². The minimum absolute atomic E-state index is 0.417. The summed E-state index contributed by atoms with van der Waals surface area (Å²) >= 11 is 0. The van der Waals surface area contributed by atoms with E-state index in [9.17, 15) is 18.5 Å². The molecule has 2 aliphatic rings. The van der Waals surface area contributed by atoms with Crippen molar-refractivity contribution in [1.29, 1.82) is 0 Å². The van der Waals surface area contributed by atoms with Crippen LogP contribution in [-0.4, -0.2) is 35.9 Å². The Bertz CT molecular complexity index is 648. The van der Waals surface area contributed by atoms with E-state index in [-0.39, 0.29) is 0 Å². The van der Waals surface area contributed by atoms with E-state index >= 15 is 0 Å². The molecule has 0 amide bonds. The summed E-state index contributed by atoms with van der Waals surface area (Å²) in [6, 6.07) is 7.50. The van der Waals surface area contributed by atoms with Crippen LogP contribution in [0.2, 0.25) is 0 Å². The number of rotatable bonds is 2. The second kappa shape index (κ2) is 4.24. The predicted molar refractivity (Wildman–Crippen MR) is 72.2 cm³/mol. The molecule has 1 aromatic carbocycles. The van der Waals surface area contributed by atoms with E-state index in [1.807, 2.05) is 30.3 Å². The van der Waals surface area contributed by atoms with Crippen molar-refractivity contribution in [2.45, 2.75) is 29.8 Å². The summed E-state index contributed by atoms with van der Waals surface area (Å²) in [5.74, 6) is -0.417. The van der Waals surface area contributed by atoms with Crippen LogP contribution in [0.1, 0.15) is 18.5 Å². The maximum absolute atomic E-state index is 12.4. The monoisotopic (exact) mass is 297 g/mol. The van der Waals surface area contributed by atoms with Crippen LogP contribution in [0.25, 0.3) is 0 Å². The fourth-order valence-corrected chi connectivity index (χ4v) is 5.99. The van der Waals surface area contributed by atoms with Gasteiger partial charge in [0.15, 0.2) is 9.84 Å². The van der Waals surface area contributed by atoms with Crippen molar-refractivity contribution < 1.29 is 13.3 Å². The second-order valence-electron chi connectivity index (χ2n) is 5.49. The third-order valence-corrected chi connectivity index (χ3v) is 6.59. The van der Waals surface area contributed by atoms with Gasteiger partial charge in [0.2, 0.25) is 6.04 Å². The first kappa shape index (κ1) is 13.5. The molecule has 0 saturated carbocycles. The number of nitrogens with zero attached hydrogens (tertiary/aromatic N) is 1. The minimum Gasteiger partial charge on any atom is -0.264 e. The Hall–Kier alpha value is -1.51. The van der Waals surface area contributed by atoms with Crippen molar-refractivity contribution in [2.75, 3.05) is 5.75 Å². The topological polar surface area (TPSA) is 101 Å². The second-order valence-corrected chi connectivity index (χ2v) is 7.66. The molecule has 20 heavy (non-hydrogen) atoms. The van der Waals surface area contributed by atoms with E-state index < -0.39 is 43.4 Å². The van der Waals surface area contributed by atoms with Gasteiger partial charge >= 0.3 is 0 Å². The molecule has 4 atom stereocenters. The highest BCUT2D eigenvalue weighted by Crippen LogP contribution is 2.43. The zero-order valence-corrected chi connectivity index (χ0v) is 11.6. The lowest BCUT2D eigenvalue weighted by Gasteiger charge is -2.24. The molecule has 2 fully saturated rings. The molecule has 0 aliphatic carbocycles. The van der Waals surface area contributed by atoms with Crippen LogP contribution in [0.5, 0.6) is 0 Å². The largest absolute Gasteiger partial charge is 0.264 e. The van der Waals surface area contributed by atoms with Crippen LogP contribution >= 0.6 is 0 Å². The maximum Gasteiger partial charge on any atom is 0.247 e. The lowest BCUT2D eigenvalue weighted by Crippen LogP contribution is -2.55. The lowest BCUT2D eigenvalue weighted by molar-refractivity contribution is -0.526. The Morgan fingerprint density at radius 3 is 2.60 bits per heavy atom. The Balaban J connectivity index is 2.07. The van der Waals surface area contributed by atoms with Gasteiger partial charge in [-0.15, -0.1) is 0 Å². The first-order valence-corrected chi connectivity index (χ1v) is 8.00. The molecule has 1 aromatic rings. The van der Waals surface area contributed by atoms with Crippen molar-refractivity contribution >= 4 is 9.84 Å². The number of nitrogens with one attached hydrogen (secondary N) is 2. The maximum atomic E-state index is 12.4. The molecule has 2 aliphatic heterocycles. The van der Waals surface area contributed by atoms with E-state index in [2.05, 4.69) is 10.9 Å². The van der Waals surface area contributed by atoms with Crippen LogP contribution in [0.4, 0.5) is 0 Å². The standard InChI is InChI=1S/C12H15N3O4S/c1-12-9(15(16)17)7-20(18,19)11(12)10(13-14-12)8-5-3-2-4-6-8/h2-6,9-11,13-14H,7H2,1H3. The average Bonchev–Trinajstić information content (AvgIpc) is 2.85. The quantitative estimate of drug-likeness (QED) is 0.590. The highest BCUT2D eigenvalue weighted by Gasteiger charge is 2.67. The van der Waals surface area contributed by atoms with Gasteiger partial charge in [0.05, 0.1) is 6.04 Å². The molecule has 0 spiro atoms. The number of sulfone groups is 1. The van der Waals surface area contributed by atoms with Gasteiger partial charge in [0.1, 0.15) is 16.5 Å². The van der Waals surface area contributed by atoms with Crippen molar-refractivity contribution in [3.63, 3.8) is 0 Å². The molecular weight excluding hydrogens is 282 g/mol. The van der Waals surface area contributed by atoms with Crippen LogP contribution in [0.3, 0.4) is 0 Å². The number of nitro groups is 1. The summed E-state index contributed by atoms with van der Waals surface area (Å²) in [6.45, 7) is 1.60. The highest BCUT2D eigenvalue weighted by atomic mass is 32.2. The van der Waals surface area contributed by atoms with E-state index in [1.165, 1.54) is 0 Å². The molecule has 0 aromatic heterocycles. The summed E-state index contributed by atoms with van der Waals surface area (Å²) in [5, 5.41) is 10.3. The first-order chi connectivity index (χ1) is 9.36. The number of benzene rings is 1. The van der Waals surface area contributed by atoms with Gasteiger partial charge in [0, 0.05) is 4.92 Å². The zero-order valence-electron chi connectivity index (χ0n) is 10.8. The Morgan fingerprint density at radius 1 is 1.35 bits per heavy atom. The van der Waals surface area contributed by atoms with Crippen molar-refractivity contribution in [3.8, 4) is 0 Å². The smallest absolute Gasteiger partial charge is 0.247 e. The van der Waals surface area contributed by atoms with E-state index in [0.717, 1.165) is 5.56 Å². The minimum atomic E-state index is -3.54. The van der Waals surface area contributed by atoms with Gasteiger partial charge in [-0.25, -0.2) is 19.3 Å². The van der Waals surface area contributed by atoms with Gasteiger partial charge in [-0.1, -0.05) is 30.3 Å². The van der Waals surface area contributed by atoms with Crippen LogP contribution in [0.15, 0.2) is 30.3 Å². The summed E-state index contributed by atoms with van der Waals surface area (Å²) < 4.78 is 24.7. The SMILES string of the molecule is CC12NNC(c3ccccc3)C1S(=O)(=O)CC2[N+](=O)[O-]. The van der Waals surface area contributed by atoms with E-state index in [0.29, 0.717) is 0 Å². The third-order valence-electron chi connectivity index (χ3n) is 4.27. The molecule has 8 heteroatoms. The molecule has 0 bridgehead atoms. The summed E-state index contributed by atoms with van der Waals surface area (Å²) in [6.07, 6.45) is 0. The van der Waals surface area contributed by atoms with E-state index in [1.54, 1.807) is 6.92 Å². The molecule has 2 saturated heterocycles. The van der Waals surface area contributed by atoms with Gasteiger partial charge in [-0.3, -0.25) is 10.1 Å². The molecule has 4 unspecified atom stereocenters. The first-order valence-electron chi connectivity index (χ1n) is 6.29. The number of hydrogen-bond acceptors (Lipinski definition) is 6. The molecule has 7 nitrogen and oxygen atoms in total. The number of hydrazine groups is 1. The predicted octanol–water partition coefficient (Wildman–Crippen LogP) is 0.0365. The average molecular weight is 297 g/mol. The van der Waals surface area contributed by atoms with Gasteiger partial charge in [-0.2, -0.15) is 0 Å². The van der Waals surface area contributed by atoms with E-state index in [4.69, 9.17) is 0 Å². The lowest BCUT2D eigenvalue weighted by atomic mass is 9.87. The van der Waals surface area contributed by atoms with Gasteiger partial charge < -0.3 is 0 Å². The number of fused-ring (bicyclic) bond motifs is 1. The Morgan fingerprint density at radius 2 is 2.00 bits per heavy atom. The highest BCUT2D eigenvalue weighted by molar-refractivity contribution is 7.92. The summed E-state index contributed by atoms with van der Waals surface area (Å²) in [4.78, 5) is 10.7. The Labute approximate surface area is 116 Å². The van der Waals surface area contributed by atoms with Crippen LogP contribution < -0.4 is 10.9 Å². The molecular formula is C12H15N3O4S. The Kier molecular flexibility index (Phi) is 2.86. The van der Waals surface area contributed by atoms with Crippen molar-refractivity contribution in [1.82, 2.24) is 10.9 Å². The van der Waals surface area contributed by atoms with Gasteiger partial charge in [0.25, 0.3) is 0 Å². The fourth-order valence-electron chi connectivity index (χ4n) is 3.27. The van der Waals surface area contributed by atoms with Crippen LogP contribution in [0, 0.1) is 10.1 Å². The normalized spacial score (nSPS) is 38.5. The summed E-state index contributed by atoms with van der Waals surface area (Å²) in [5.41, 5.74) is 5.49. The molecule has 2 N–H and O–H groups in total. The van der Waals surface area contributed by atoms with Crippen molar-refractivity contribution in [3.05, 3.63) is 46.0 Å². The third kappa shape index (κ3) is 1.75.